The van der Waals surface area contributed by atoms with Crippen molar-refractivity contribution in [3.05, 3.63) is 36.5 Å². The highest BCUT2D eigenvalue weighted by molar-refractivity contribution is 5.94. The van der Waals surface area contributed by atoms with Crippen LogP contribution in [0.15, 0.2) is 36.5 Å². The second-order valence-electron chi connectivity index (χ2n) is 3.15. The van der Waals surface area contributed by atoms with Crippen molar-refractivity contribution < 1.29 is 14.7 Å². The van der Waals surface area contributed by atoms with E-state index < -0.39 is 12.0 Å². The Morgan fingerprint density at radius 2 is 2.07 bits per heavy atom. The summed E-state index contributed by atoms with van der Waals surface area (Å²) >= 11 is 0. The zero-order valence-corrected chi connectivity index (χ0v) is 7.33. The minimum Gasteiger partial charge on any atom is -0.479 e. The molecule has 14 heavy (non-hydrogen) atoms. The Balaban J connectivity index is 2.33. The van der Waals surface area contributed by atoms with Crippen LogP contribution in [0.2, 0.25) is 0 Å². The standard InChI is InChI=1S/C10H9NO3/c12-9-4-2-1-3-7-5-6-8(10(13)14)11(7)9/h1-8H,(H,13,14). The minimum atomic E-state index is -0.999. The molecule has 0 fully saturated rings. The van der Waals surface area contributed by atoms with Gasteiger partial charge in [0.2, 0.25) is 5.91 Å². The summed E-state index contributed by atoms with van der Waals surface area (Å²) in [6, 6.07) is -1.06. The second-order valence-corrected chi connectivity index (χ2v) is 3.15. The van der Waals surface area contributed by atoms with Crippen molar-refractivity contribution in [1.29, 1.82) is 0 Å². The van der Waals surface area contributed by atoms with Gasteiger partial charge in [-0.15, -0.1) is 0 Å². The van der Waals surface area contributed by atoms with Crippen molar-refractivity contribution in [1.82, 2.24) is 4.90 Å². The molecule has 0 radical (unpaired) electrons. The van der Waals surface area contributed by atoms with Crippen molar-refractivity contribution in [2.75, 3.05) is 0 Å². The normalized spacial score (nSPS) is 29.1. The number of nitrogens with zero attached hydrogens (tertiary/aromatic N) is 1. The van der Waals surface area contributed by atoms with Gasteiger partial charge in [-0.1, -0.05) is 30.4 Å². The SMILES string of the molecule is O=C(O)C1C=CC2C=CC=CC(=O)N21. The van der Waals surface area contributed by atoms with Gasteiger partial charge in [0.15, 0.2) is 0 Å². The average molecular weight is 191 g/mol. The van der Waals surface area contributed by atoms with Gasteiger partial charge in [0.1, 0.15) is 6.04 Å². The summed E-state index contributed by atoms with van der Waals surface area (Å²) in [6.07, 6.45) is 9.79. The monoisotopic (exact) mass is 191 g/mol. The number of carbonyl (C=O) groups excluding carboxylic acids is 1. The Morgan fingerprint density at radius 3 is 2.79 bits per heavy atom. The van der Waals surface area contributed by atoms with Crippen molar-refractivity contribution in [2.24, 2.45) is 0 Å². The van der Waals surface area contributed by atoms with Crippen LogP contribution in [0.5, 0.6) is 0 Å². The highest BCUT2D eigenvalue weighted by Gasteiger charge is 2.35. The van der Waals surface area contributed by atoms with Crippen LogP contribution in [0, 0.1) is 0 Å². The summed E-state index contributed by atoms with van der Waals surface area (Å²) < 4.78 is 0. The van der Waals surface area contributed by atoms with Gasteiger partial charge in [-0.25, -0.2) is 4.79 Å². The zero-order chi connectivity index (χ0) is 10.1. The molecular formula is C10H9NO3. The number of carboxylic acid groups (broad SMARTS) is 1. The molecule has 2 unspecified atom stereocenters. The predicted molar refractivity (Wildman–Crippen MR) is 49.5 cm³/mol. The van der Waals surface area contributed by atoms with Crippen molar-refractivity contribution in [3.8, 4) is 0 Å². The molecule has 4 nitrogen and oxygen atoms in total. The van der Waals surface area contributed by atoms with Gasteiger partial charge in [0.05, 0.1) is 6.04 Å². The molecular weight excluding hydrogens is 182 g/mol. The molecule has 2 atom stereocenters. The lowest BCUT2D eigenvalue weighted by Crippen LogP contribution is -2.43. The number of allylic oxidation sites excluding steroid dienone is 2. The maximum atomic E-state index is 11.5. The van der Waals surface area contributed by atoms with Crippen LogP contribution in [-0.2, 0) is 9.59 Å². The molecule has 0 aromatic rings. The summed E-state index contributed by atoms with van der Waals surface area (Å²) in [6.45, 7) is 0. The summed E-state index contributed by atoms with van der Waals surface area (Å²) in [5, 5.41) is 8.87. The van der Waals surface area contributed by atoms with Crippen molar-refractivity contribution in [3.63, 3.8) is 0 Å². The number of fused-ring (bicyclic) bond motifs is 1. The van der Waals surface area contributed by atoms with Crippen LogP contribution in [0.25, 0.3) is 0 Å². The van der Waals surface area contributed by atoms with E-state index in [2.05, 4.69) is 0 Å². The molecule has 0 saturated heterocycles. The maximum absolute atomic E-state index is 11.5. The minimum absolute atomic E-state index is 0.224. The Morgan fingerprint density at radius 1 is 1.29 bits per heavy atom. The third-order valence-electron chi connectivity index (χ3n) is 2.28. The molecule has 2 heterocycles. The number of carbonyl (C=O) groups is 2. The third kappa shape index (κ3) is 1.25. The van der Waals surface area contributed by atoms with Crippen LogP contribution in [0.1, 0.15) is 0 Å². The lowest BCUT2D eigenvalue weighted by atomic mass is 10.2. The maximum Gasteiger partial charge on any atom is 0.330 e. The van der Waals surface area contributed by atoms with Gasteiger partial charge < -0.3 is 10.0 Å². The third-order valence-corrected chi connectivity index (χ3v) is 2.28. The molecule has 2 aliphatic rings. The summed E-state index contributed by atoms with van der Waals surface area (Å²) in [5.41, 5.74) is 0. The summed E-state index contributed by atoms with van der Waals surface area (Å²) in [4.78, 5) is 23.7. The van der Waals surface area contributed by atoms with Gasteiger partial charge in [-0.05, 0) is 0 Å². The Bertz CT molecular complexity index is 368. The first-order valence-corrected chi connectivity index (χ1v) is 4.28. The lowest BCUT2D eigenvalue weighted by molar-refractivity contribution is -0.146. The molecule has 4 heteroatoms. The van der Waals surface area contributed by atoms with E-state index in [9.17, 15) is 9.59 Å². The Labute approximate surface area is 80.8 Å². The molecule has 0 saturated carbocycles. The number of aliphatic carboxylic acids is 1. The first-order chi connectivity index (χ1) is 6.70. The Hall–Kier alpha value is -1.84. The number of rotatable bonds is 1. The fraction of sp³-hybridized carbons (Fsp3) is 0.200. The molecule has 0 aromatic heterocycles. The van der Waals surface area contributed by atoms with E-state index in [-0.39, 0.29) is 11.9 Å². The van der Waals surface area contributed by atoms with Crippen molar-refractivity contribution >= 4 is 11.9 Å². The van der Waals surface area contributed by atoms with E-state index in [1.54, 1.807) is 24.3 Å². The highest BCUT2D eigenvalue weighted by atomic mass is 16.4. The fourth-order valence-electron chi connectivity index (χ4n) is 1.63. The topological polar surface area (TPSA) is 57.6 Å². The average Bonchev–Trinajstić information content (AvgIpc) is 2.48. The first kappa shape index (κ1) is 8.74. The van der Waals surface area contributed by atoms with E-state index >= 15 is 0 Å². The molecule has 0 bridgehead atoms. The van der Waals surface area contributed by atoms with Crippen molar-refractivity contribution in [2.45, 2.75) is 12.1 Å². The number of carboxylic acids is 1. The molecule has 0 aromatic carbocycles. The molecule has 72 valence electrons. The highest BCUT2D eigenvalue weighted by Crippen LogP contribution is 2.20. The molecule has 1 amide bonds. The summed E-state index contributed by atoms with van der Waals surface area (Å²) in [7, 11) is 0. The molecule has 2 rings (SSSR count). The number of amides is 1. The first-order valence-electron chi connectivity index (χ1n) is 4.28. The van der Waals surface area contributed by atoms with Gasteiger partial charge in [-0.3, -0.25) is 4.79 Å². The second kappa shape index (κ2) is 3.14. The van der Waals surface area contributed by atoms with Crippen LogP contribution in [-0.4, -0.2) is 34.0 Å². The van der Waals surface area contributed by atoms with Gasteiger partial charge >= 0.3 is 5.97 Å². The van der Waals surface area contributed by atoms with Crippen LogP contribution < -0.4 is 0 Å². The van der Waals surface area contributed by atoms with E-state index in [4.69, 9.17) is 5.11 Å². The fourth-order valence-corrected chi connectivity index (χ4v) is 1.63. The quantitative estimate of drug-likeness (QED) is 0.608. The molecule has 0 aliphatic carbocycles. The lowest BCUT2D eigenvalue weighted by Gasteiger charge is -2.24. The smallest absolute Gasteiger partial charge is 0.330 e. The largest absolute Gasteiger partial charge is 0.479 e. The van der Waals surface area contributed by atoms with Crippen LogP contribution in [0.4, 0.5) is 0 Å². The van der Waals surface area contributed by atoms with E-state index in [0.717, 1.165) is 0 Å². The Kier molecular flexibility index (Phi) is 1.96. The molecule has 0 spiro atoms. The number of hydrogen-bond acceptors (Lipinski definition) is 2. The van der Waals surface area contributed by atoms with Crippen LogP contribution in [0.3, 0.4) is 0 Å². The van der Waals surface area contributed by atoms with E-state index in [1.165, 1.54) is 17.1 Å². The van der Waals surface area contributed by atoms with Gasteiger partial charge in [0.25, 0.3) is 0 Å². The summed E-state index contributed by atoms with van der Waals surface area (Å²) in [5.74, 6) is -1.27. The van der Waals surface area contributed by atoms with E-state index in [0.29, 0.717) is 0 Å². The number of hydrogen-bond donors (Lipinski definition) is 1. The van der Waals surface area contributed by atoms with Crippen LogP contribution >= 0.6 is 0 Å². The zero-order valence-electron chi connectivity index (χ0n) is 7.33. The van der Waals surface area contributed by atoms with Gasteiger partial charge in [-0.2, -0.15) is 0 Å². The molecule has 2 aliphatic heterocycles. The molecule has 1 N–H and O–H groups in total. The predicted octanol–water partition coefficient (Wildman–Crippen LogP) is 0.333. The van der Waals surface area contributed by atoms with E-state index in [1.807, 2.05) is 0 Å². The van der Waals surface area contributed by atoms with Gasteiger partial charge in [0, 0.05) is 6.08 Å².